The number of nitrogens with zero attached hydrogens (tertiary/aromatic N) is 4. The van der Waals surface area contributed by atoms with Crippen LogP contribution in [0, 0.1) is 0 Å². The van der Waals surface area contributed by atoms with Crippen LogP contribution in [0.3, 0.4) is 0 Å². The van der Waals surface area contributed by atoms with Crippen molar-refractivity contribution in [1.29, 1.82) is 0 Å². The summed E-state index contributed by atoms with van der Waals surface area (Å²) in [6, 6.07) is 20.6. The Bertz CT molecular complexity index is 968. The first-order chi connectivity index (χ1) is 14.6. The van der Waals surface area contributed by atoms with Crippen molar-refractivity contribution in [3.8, 4) is 11.4 Å². The van der Waals surface area contributed by atoms with Crippen LogP contribution in [0.4, 0.5) is 0 Å². The number of carbonyl (C=O) groups excluding carboxylic acids is 1. The molecule has 156 valence electrons. The minimum Gasteiger partial charge on any atom is -0.330 e. The van der Waals surface area contributed by atoms with Gasteiger partial charge in [0, 0.05) is 18.2 Å². The van der Waals surface area contributed by atoms with Crippen LogP contribution in [0.5, 0.6) is 0 Å². The average Bonchev–Trinajstić information content (AvgIpc) is 3.15. The molecule has 30 heavy (non-hydrogen) atoms. The van der Waals surface area contributed by atoms with E-state index < -0.39 is 0 Å². The molecule has 6 nitrogen and oxygen atoms in total. The number of hydrogen-bond acceptors (Lipinski definition) is 4. The predicted octanol–water partition coefficient (Wildman–Crippen LogP) is 1.89. The zero-order chi connectivity index (χ0) is 20.9. The molecule has 4 rings (SSSR count). The predicted molar refractivity (Wildman–Crippen MR) is 119 cm³/mol. The molecule has 1 N–H and O–H groups in total. The van der Waals surface area contributed by atoms with Crippen molar-refractivity contribution in [2.45, 2.75) is 23.9 Å². The summed E-state index contributed by atoms with van der Waals surface area (Å²) in [7, 11) is 1.95. The molecule has 1 saturated heterocycles. The van der Waals surface area contributed by atoms with Crippen LogP contribution < -0.4 is 4.90 Å². The number of piperazine rings is 1. The van der Waals surface area contributed by atoms with Gasteiger partial charge in [-0.1, -0.05) is 72.4 Å². The van der Waals surface area contributed by atoms with E-state index in [4.69, 9.17) is 0 Å². The lowest BCUT2D eigenvalue weighted by molar-refractivity contribution is -0.917. The van der Waals surface area contributed by atoms with E-state index in [9.17, 15) is 4.79 Å². The molecule has 0 unspecified atom stereocenters. The molecular formula is C23H28N5OS+. The average molecular weight is 423 g/mol. The molecule has 7 heteroatoms. The topological polar surface area (TPSA) is 55.5 Å². The molecule has 1 atom stereocenters. The maximum absolute atomic E-state index is 13.0. The summed E-state index contributed by atoms with van der Waals surface area (Å²) >= 11 is 1.48. The summed E-state index contributed by atoms with van der Waals surface area (Å²) in [5.41, 5.74) is 2.38. The van der Waals surface area contributed by atoms with Crippen LogP contribution in [0.1, 0.15) is 12.5 Å². The van der Waals surface area contributed by atoms with Gasteiger partial charge in [0.15, 0.2) is 11.0 Å². The van der Waals surface area contributed by atoms with E-state index in [0.29, 0.717) is 0 Å². The SMILES string of the molecule is C[C@@H](Sc1nnc(-c2ccccc2)n1C)C(=O)N1CC[NH+](Cc2ccccc2)CC1. The molecule has 2 heterocycles. The Kier molecular flexibility index (Phi) is 6.50. The van der Waals surface area contributed by atoms with Gasteiger partial charge in [-0.25, -0.2) is 0 Å². The second kappa shape index (κ2) is 9.45. The van der Waals surface area contributed by atoms with Crippen molar-refractivity contribution in [2.24, 2.45) is 7.05 Å². The number of aromatic nitrogens is 3. The minimum absolute atomic E-state index is 0.183. The highest BCUT2D eigenvalue weighted by atomic mass is 32.2. The number of quaternary nitrogens is 1. The van der Waals surface area contributed by atoms with Gasteiger partial charge >= 0.3 is 0 Å². The quantitative estimate of drug-likeness (QED) is 0.617. The van der Waals surface area contributed by atoms with Gasteiger partial charge in [0.1, 0.15) is 6.54 Å². The molecule has 1 aliphatic rings. The summed E-state index contributed by atoms with van der Waals surface area (Å²) in [6.07, 6.45) is 0. The van der Waals surface area contributed by atoms with Crippen molar-refractivity contribution < 1.29 is 9.69 Å². The van der Waals surface area contributed by atoms with Crippen molar-refractivity contribution in [1.82, 2.24) is 19.7 Å². The van der Waals surface area contributed by atoms with Crippen LogP contribution in [0.15, 0.2) is 65.8 Å². The highest BCUT2D eigenvalue weighted by Gasteiger charge is 2.28. The summed E-state index contributed by atoms with van der Waals surface area (Å²) in [6.45, 7) is 6.57. The summed E-state index contributed by atoms with van der Waals surface area (Å²) in [5, 5.41) is 9.22. The molecule has 1 aromatic heterocycles. The minimum atomic E-state index is -0.188. The summed E-state index contributed by atoms with van der Waals surface area (Å²) in [4.78, 5) is 16.5. The Morgan fingerprint density at radius 3 is 2.33 bits per heavy atom. The Morgan fingerprint density at radius 1 is 1.03 bits per heavy atom. The lowest BCUT2D eigenvalue weighted by atomic mass is 10.2. The van der Waals surface area contributed by atoms with Crippen LogP contribution in [0.2, 0.25) is 0 Å². The first kappa shape index (κ1) is 20.6. The van der Waals surface area contributed by atoms with E-state index in [0.717, 1.165) is 49.3 Å². The molecular weight excluding hydrogens is 394 g/mol. The lowest BCUT2D eigenvalue weighted by Crippen LogP contribution is -3.13. The normalized spacial score (nSPS) is 15.9. The van der Waals surface area contributed by atoms with Gasteiger partial charge < -0.3 is 14.4 Å². The van der Waals surface area contributed by atoms with Crippen LogP contribution in [-0.2, 0) is 18.4 Å². The fourth-order valence-corrected chi connectivity index (χ4v) is 4.73. The number of carbonyl (C=O) groups is 1. The Balaban J connectivity index is 1.32. The van der Waals surface area contributed by atoms with Gasteiger partial charge in [0.25, 0.3) is 0 Å². The Hall–Kier alpha value is -2.64. The van der Waals surface area contributed by atoms with Gasteiger partial charge in [-0.3, -0.25) is 4.79 Å². The second-order valence-electron chi connectivity index (χ2n) is 7.73. The number of hydrogen-bond donors (Lipinski definition) is 1. The van der Waals surface area contributed by atoms with Gasteiger partial charge in [0.2, 0.25) is 5.91 Å². The largest absolute Gasteiger partial charge is 0.330 e. The molecule has 2 aromatic carbocycles. The molecule has 3 aromatic rings. The maximum atomic E-state index is 13.0. The van der Waals surface area contributed by atoms with Crippen molar-refractivity contribution in [3.63, 3.8) is 0 Å². The third-order valence-corrected chi connectivity index (χ3v) is 6.70. The van der Waals surface area contributed by atoms with Crippen LogP contribution >= 0.6 is 11.8 Å². The van der Waals surface area contributed by atoms with Gasteiger partial charge in [-0.05, 0) is 6.92 Å². The van der Waals surface area contributed by atoms with E-state index in [1.165, 1.54) is 22.2 Å². The van der Waals surface area contributed by atoms with E-state index in [1.54, 1.807) is 0 Å². The lowest BCUT2D eigenvalue weighted by Gasteiger charge is -2.33. The molecule has 0 radical (unpaired) electrons. The molecule has 0 spiro atoms. The molecule has 1 fully saturated rings. The molecule has 0 saturated carbocycles. The standard InChI is InChI=1S/C23H27N5OS/c1-18(30-23-25-24-21(26(23)2)20-11-7-4-8-12-20)22(29)28-15-13-27(14-16-28)17-19-9-5-3-6-10-19/h3-12,18H,13-17H2,1-2H3/p+1/t18-/m1/s1. The van der Waals surface area contributed by atoms with E-state index in [2.05, 4.69) is 40.5 Å². The van der Waals surface area contributed by atoms with E-state index >= 15 is 0 Å². The fraction of sp³-hybridized carbons (Fsp3) is 0.348. The third-order valence-electron chi connectivity index (χ3n) is 5.58. The zero-order valence-electron chi connectivity index (χ0n) is 17.5. The molecule has 0 bridgehead atoms. The zero-order valence-corrected chi connectivity index (χ0v) is 18.3. The van der Waals surface area contributed by atoms with Gasteiger partial charge in [-0.2, -0.15) is 0 Å². The second-order valence-corrected chi connectivity index (χ2v) is 9.04. The van der Waals surface area contributed by atoms with E-state index in [1.807, 2.05) is 53.8 Å². The highest BCUT2D eigenvalue weighted by molar-refractivity contribution is 8.00. The summed E-state index contributed by atoms with van der Waals surface area (Å²) < 4.78 is 1.96. The van der Waals surface area contributed by atoms with E-state index in [-0.39, 0.29) is 11.2 Å². The number of rotatable bonds is 6. The first-order valence-corrected chi connectivity index (χ1v) is 11.3. The van der Waals surface area contributed by atoms with Crippen LogP contribution in [-0.4, -0.2) is 57.0 Å². The fourth-order valence-electron chi connectivity index (χ4n) is 3.83. The van der Waals surface area contributed by atoms with Crippen molar-refractivity contribution in [2.75, 3.05) is 26.2 Å². The molecule has 0 aliphatic carbocycles. The first-order valence-electron chi connectivity index (χ1n) is 10.4. The summed E-state index contributed by atoms with van der Waals surface area (Å²) in [5.74, 6) is 0.999. The number of amides is 1. The monoisotopic (exact) mass is 422 g/mol. The van der Waals surface area contributed by atoms with Gasteiger partial charge in [0.05, 0.1) is 31.4 Å². The van der Waals surface area contributed by atoms with Gasteiger partial charge in [-0.15, -0.1) is 10.2 Å². The Labute approximate surface area is 181 Å². The van der Waals surface area contributed by atoms with Crippen LogP contribution in [0.25, 0.3) is 11.4 Å². The maximum Gasteiger partial charge on any atom is 0.236 e. The molecule has 1 amide bonds. The number of benzene rings is 2. The number of thioether (sulfide) groups is 1. The van der Waals surface area contributed by atoms with Crippen molar-refractivity contribution in [3.05, 3.63) is 66.2 Å². The highest BCUT2D eigenvalue weighted by Crippen LogP contribution is 2.26. The molecule has 1 aliphatic heterocycles. The van der Waals surface area contributed by atoms with Crippen molar-refractivity contribution >= 4 is 17.7 Å². The smallest absolute Gasteiger partial charge is 0.236 e. The Morgan fingerprint density at radius 2 is 1.67 bits per heavy atom. The third kappa shape index (κ3) is 4.74. The number of nitrogens with one attached hydrogen (secondary N) is 1.